The molecule has 180 valence electrons. The minimum Gasteiger partial charge on any atom is -0.481 e. The van der Waals surface area contributed by atoms with E-state index in [4.69, 9.17) is 9.84 Å². The zero-order valence-corrected chi connectivity index (χ0v) is 19.2. The number of aliphatic carboxylic acids is 2. The number of nitrogens with one attached hydrogen (secondary N) is 1. The summed E-state index contributed by atoms with van der Waals surface area (Å²) in [7, 11) is 1.40. The van der Waals surface area contributed by atoms with E-state index < -0.39 is 42.4 Å². The quantitative estimate of drug-likeness (QED) is 0.515. The minimum atomic E-state index is -1.61. The number of amides is 2. The van der Waals surface area contributed by atoms with Crippen LogP contribution in [0.5, 0.6) is 0 Å². The summed E-state index contributed by atoms with van der Waals surface area (Å²) in [4.78, 5) is 49.1. The third kappa shape index (κ3) is 5.19. The lowest BCUT2D eigenvalue weighted by Gasteiger charge is -2.30. The molecule has 2 atom stereocenters. The average Bonchev–Trinajstić information content (AvgIpc) is 3.10. The van der Waals surface area contributed by atoms with Crippen LogP contribution in [0.15, 0.2) is 48.5 Å². The third-order valence-electron chi connectivity index (χ3n) is 5.93. The predicted molar refractivity (Wildman–Crippen MR) is 123 cm³/mol. The number of likely N-dealkylation sites (N-methyl/N-ethyl adjacent to an activating group) is 1. The number of benzene rings is 2. The second-order valence-corrected chi connectivity index (χ2v) is 8.60. The van der Waals surface area contributed by atoms with Crippen LogP contribution >= 0.6 is 0 Å². The molecular formula is C25H28N2O7. The molecule has 0 fully saturated rings. The SMILES string of the molecule is CC(C)[C@@H](C(=O)N[C@@H](CC(=O)O)C(=O)O)N(C)C(=O)OCC1c2ccccc2-c2ccccc21. The Balaban J connectivity index is 1.72. The predicted octanol–water partition coefficient (Wildman–Crippen LogP) is 2.94. The van der Waals surface area contributed by atoms with Crippen LogP contribution in [0.1, 0.15) is 37.3 Å². The molecule has 0 unspecified atom stereocenters. The van der Waals surface area contributed by atoms with Crippen molar-refractivity contribution in [2.45, 2.75) is 38.3 Å². The Labute approximate surface area is 197 Å². The molecule has 2 amide bonds. The highest BCUT2D eigenvalue weighted by Crippen LogP contribution is 2.44. The van der Waals surface area contributed by atoms with Gasteiger partial charge in [0.15, 0.2) is 0 Å². The van der Waals surface area contributed by atoms with Crippen molar-refractivity contribution < 1.29 is 34.1 Å². The van der Waals surface area contributed by atoms with E-state index in [0.29, 0.717) is 0 Å². The van der Waals surface area contributed by atoms with Crippen molar-refractivity contribution in [3.8, 4) is 11.1 Å². The zero-order valence-electron chi connectivity index (χ0n) is 19.2. The maximum Gasteiger partial charge on any atom is 0.410 e. The summed E-state index contributed by atoms with van der Waals surface area (Å²) in [6, 6.07) is 13.2. The van der Waals surface area contributed by atoms with E-state index in [-0.39, 0.29) is 18.4 Å². The molecule has 0 heterocycles. The highest BCUT2D eigenvalue weighted by molar-refractivity contribution is 5.91. The van der Waals surface area contributed by atoms with Gasteiger partial charge in [0.2, 0.25) is 5.91 Å². The van der Waals surface area contributed by atoms with Gasteiger partial charge < -0.3 is 20.3 Å². The molecule has 0 radical (unpaired) electrons. The molecule has 1 aliphatic carbocycles. The Kier molecular flexibility index (Phi) is 7.55. The van der Waals surface area contributed by atoms with Gasteiger partial charge in [-0.2, -0.15) is 0 Å². The van der Waals surface area contributed by atoms with E-state index in [9.17, 15) is 24.3 Å². The molecule has 0 saturated carbocycles. The highest BCUT2D eigenvalue weighted by Gasteiger charge is 2.35. The van der Waals surface area contributed by atoms with Gasteiger partial charge in [-0.1, -0.05) is 62.4 Å². The van der Waals surface area contributed by atoms with Crippen molar-refractivity contribution in [3.63, 3.8) is 0 Å². The second-order valence-electron chi connectivity index (χ2n) is 8.60. The van der Waals surface area contributed by atoms with Gasteiger partial charge in [-0.3, -0.25) is 14.5 Å². The minimum absolute atomic E-state index is 0.0698. The largest absolute Gasteiger partial charge is 0.481 e. The van der Waals surface area contributed by atoms with Crippen LogP contribution in [0.25, 0.3) is 11.1 Å². The van der Waals surface area contributed by atoms with Gasteiger partial charge in [0.25, 0.3) is 0 Å². The maximum absolute atomic E-state index is 12.9. The van der Waals surface area contributed by atoms with Gasteiger partial charge in [-0.15, -0.1) is 0 Å². The van der Waals surface area contributed by atoms with E-state index in [2.05, 4.69) is 5.32 Å². The van der Waals surface area contributed by atoms with Crippen molar-refractivity contribution in [2.75, 3.05) is 13.7 Å². The van der Waals surface area contributed by atoms with Gasteiger partial charge >= 0.3 is 18.0 Å². The molecule has 34 heavy (non-hydrogen) atoms. The van der Waals surface area contributed by atoms with Crippen LogP contribution in [-0.2, 0) is 19.1 Å². The molecule has 3 rings (SSSR count). The smallest absolute Gasteiger partial charge is 0.410 e. The summed E-state index contributed by atoms with van der Waals surface area (Å²) in [6.45, 7) is 3.47. The van der Waals surface area contributed by atoms with Gasteiger partial charge in [0, 0.05) is 13.0 Å². The summed E-state index contributed by atoms with van der Waals surface area (Å²) in [5.41, 5.74) is 4.28. The number of ether oxygens (including phenoxy) is 1. The summed E-state index contributed by atoms with van der Waals surface area (Å²) >= 11 is 0. The molecule has 0 aliphatic heterocycles. The maximum atomic E-state index is 12.9. The molecule has 9 nitrogen and oxygen atoms in total. The van der Waals surface area contributed by atoms with Crippen molar-refractivity contribution in [2.24, 2.45) is 5.92 Å². The summed E-state index contributed by atoms with van der Waals surface area (Å²) < 4.78 is 5.60. The highest BCUT2D eigenvalue weighted by atomic mass is 16.6. The molecule has 0 bridgehead atoms. The Morgan fingerprint density at radius 1 is 0.971 bits per heavy atom. The van der Waals surface area contributed by atoms with Crippen molar-refractivity contribution in [3.05, 3.63) is 59.7 Å². The van der Waals surface area contributed by atoms with Crippen LogP contribution in [-0.4, -0.2) is 64.8 Å². The fraction of sp³-hybridized carbons (Fsp3) is 0.360. The Morgan fingerprint density at radius 2 is 1.50 bits per heavy atom. The Hall–Kier alpha value is -3.88. The number of carboxylic acids is 2. The summed E-state index contributed by atoms with van der Waals surface area (Å²) in [5, 5.41) is 20.3. The first kappa shape index (κ1) is 24.8. The second kappa shape index (κ2) is 10.4. The van der Waals surface area contributed by atoms with Gasteiger partial charge in [-0.25, -0.2) is 9.59 Å². The first-order valence-corrected chi connectivity index (χ1v) is 10.9. The summed E-state index contributed by atoms with van der Waals surface area (Å²) in [6.07, 6.45) is -1.51. The average molecular weight is 469 g/mol. The number of carbonyl (C=O) groups is 4. The normalized spacial score (nSPS) is 14.0. The molecule has 0 saturated heterocycles. The molecule has 3 N–H and O–H groups in total. The molecule has 0 aromatic heterocycles. The van der Waals surface area contributed by atoms with Gasteiger partial charge in [-0.05, 0) is 28.2 Å². The molecule has 2 aromatic rings. The fourth-order valence-electron chi connectivity index (χ4n) is 4.37. The van der Waals surface area contributed by atoms with E-state index in [1.807, 2.05) is 48.5 Å². The van der Waals surface area contributed by atoms with Crippen molar-refractivity contribution in [1.29, 1.82) is 0 Å². The monoisotopic (exact) mass is 468 g/mol. The van der Waals surface area contributed by atoms with Crippen LogP contribution in [0.3, 0.4) is 0 Å². The molecule has 9 heteroatoms. The van der Waals surface area contributed by atoms with Crippen LogP contribution < -0.4 is 5.32 Å². The number of hydrogen-bond acceptors (Lipinski definition) is 5. The van der Waals surface area contributed by atoms with Crippen LogP contribution in [0, 0.1) is 5.92 Å². The van der Waals surface area contributed by atoms with E-state index in [0.717, 1.165) is 27.2 Å². The van der Waals surface area contributed by atoms with Gasteiger partial charge in [0.1, 0.15) is 18.7 Å². The Bertz CT molecular complexity index is 1050. The lowest BCUT2D eigenvalue weighted by Crippen LogP contribution is -2.54. The first-order chi connectivity index (χ1) is 16.1. The molecule has 1 aliphatic rings. The molecule has 0 spiro atoms. The van der Waals surface area contributed by atoms with Crippen molar-refractivity contribution in [1.82, 2.24) is 10.2 Å². The van der Waals surface area contributed by atoms with E-state index in [1.54, 1.807) is 13.8 Å². The van der Waals surface area contributed by atoms with Gasteiger partial charge in [0.05, 0.1) is 6.42 Å². The number of nitrogens with zero attached hydrogens (tertiary/aromatic N) is 1. The molecular weight excluding hydrogens is 440 g/mol. The van der Waals surface area contributed by atoms with Crippen LogP contribution in [0.4, 0.5) is 4.79 Å². The zero-order chi connectivity index (χ0) is 25.0. The third-order valence-corrected chi connectivity index (χ3v) is 5.93. The van der Waals surface area contributed by atoms with E-state index in [1.165, 1.54) is 7.05 Å². The molecule has 2 aromatic carbocycles. The number of carbonyl (C=O) groups excluding carboxylic acids is 2. The topological polar surface area (TPSA) is 133 Å². The van der Waals surface area contributed by atoms with Crippen molar-refractivity contribution >= 4 is 23.9 Å². The standard InChI is InChI=1S/C25H28N2O7/c1-14(2)22(23(30)26-20(24(31)32)12-21(28)29)27(3)25(33)34-13-19-17-10-6-4-8-15(17)16-9-5-7-11-18(16)19/h4-11,14,19-20,22H,12-13H2,1-3H3,(H,26,30)(H,28,29)(H,31,32)/t20-,22-/m0/s1. The van der Waals surface area contributed by atoms with E-state index >= 15 is 0 Å². The lowest BCUT2D eigenvalue weighted by molar-refractivity contribution is -0.147. The number of carboxylic acid groups (broad SMARTS) is 2. The fourth-order valence-corrected chi connectivity index (χ4v) is 4.37. The lowest BCUT2D eigenvalue weighted by atomic mass is 9.98. The number of fused-ring (bicyclic) bond motifs is 3. The van der Waals surface area contributed by atoms with Crippen LogP contribution in [0.2, 0.25) is 0 Å². The number of rotatable bonds is 9. The number of hydrogen-bond donors (Lipinski definition) is 3. The Morgan fingerprint density at radius 3 is 1.97 bits per heavy atom. The first-order valence-electron chi connectivity index (χ1n) is 10.9. The summed E-state index contributed by atoms with van der Waals surface area (Å²) in [5.74, 6) is -4.13.